The number of nitrogens with zero attached hydrogens (tertiary/aromatic N) is 3. The number of amides is 2. The Bertz CT molecular complexity index is 417. The van der Waals surface area contributed by atoms with Crippen LogP contribution in [-0.4, -0.2) is 81.2 Å². The van der Waals surface area contributed by atoms with Crippen molar-refractivity contribution >= 4 is 18.0 Å². The van der Waals surface area contributed by atoms with Crippen molar-refractivity contribution in [2.45, 2.75) is 32.2 Å². The predicted octanol–water partition coefficient (Wildman–Crippen LogP) is 0.251. The molecule has 23 heavy (non-hydrogen) atoms. The van der Waals surface area contributed by atoms with Crippen LogP contribution >= 0.6 is 0 Å². The zero-order valence-corrected chi connectivity index (χ0v) is 14.6. The zero-order chi connectivity index (χ0) is 17.2. The number of methoxy groups -OCH3 is 1. The van der Waals surface area contributed by atoms with Crippen molar-refractivity contribution in [1.29, 1.82) is 0 Å². The Labute approximate surface area is 138 Å². The molecule has 0 saturated carbocycles. The molecule has 2 N–H and O–H groups in total. The van der Waals surface area contributed by atoms with E-state index in [2.05, 4.69) is 22.5 Å². The van der Waals surface area contributed by atoms with Gasteiger partial charge in [-0.1, -0.05) is 6.92 Å². The van der Waals surface area contributed by atoms with Crippen molar-refractivity contribution in [3.63, 3.8) is 0 Å². The van der Waals surface area contributed by atoms with E-state index in [1.165, 1.54) is 12.0 Å². The fourth-order valence-corrected chi connectivity index (χ4v) is 2.21. The van der Waals surface area contributed by atoms with Gasteiger partial charge in [-0.05, 0) is 19.3 Å². The Morgan fingerprint density at radius 3 is 2.48 bits per heavy atom. The van der Waals surface area contributed by atoms with E-state index in [1.54, 1.807) is 19.0 Å². The van der Waals surface area contributed by atoms with Crippen LogP contribution in [0.25, 0.3) is 0 Å². The van der Waals surface area contributed by atoms with E-state index >= 15 is 0 Å². The smallest absolute Gasteiger partial charge is 0.409 e. The summed E-state index contributed by atoms with van der Waals surface area (Å²) in [5, 5.41) is 6.57. The van der Waals surface area contributed by atoms with Crippen LogP contribution in [0.15, 0.2) is 4.99 Å². The minimum Gasteiger partial charge on any atom is -0.453 e. The SMILES string of the molecule is CCCNC(=NCC(=O)N(C)C)NC1CCN(C(=O)OC)CC1. The van der Waals surface area contributed by atoms with Gasteiger partial charge in [0.05, 0.1) is 7.11 Å². The molecule has 2 amide bonds. The van der Waals surface area contributed by atoms with Gasteiger partial charge in [-0.2, -0.15) is 0 Å². The maximum absolute atomic E-state index is 11.7. The molecule has 1 fully saturated rings. The maximum atomic E-state index is 11.7. The second-order valence-electron chi connectivity index (χ2n) is 5.76. The third-order valence-electron chi connectivity index (χ3n) is 3.68. The van der Waals surface area contributed by atoms with Crippen molar-refractivity contribution < 1.29 is 14.3 Å². The number of carbonyl (C=O) groups excluding carboxylic acids is 2. The number of likely N-dealkylation sites (tertiary alicyclic amines) is 1. The molecule has 1 heterocycles. The summed E-state index contributed by atoms with van der Waals surface area (Å²) < 4.78 is 4.73. The van der Waals surface area contributed by atoms with Gasteiger partial charge in [0.1, 0.15) is 6.54 Å². The number of piperidine rings is 1. The molecular formula is C15H29N5O3. The molecule has 0 radical (unpaired) electrons. The van der Waals surface area contributed by atoms with E-state index in [4.69, 9.17) is 4.74 Å². The molecule has 1 aliphatic heterocycles. The highest BCUT2D eigenvalue weighted by Gasteiger charge is 2.23. The van der Waals surface area contributed by atoms with Crippen molar-refractivity contribution in [3.8, 4) is 0 Å². The quantitative estimate of drug-likeness (QED) is 0.558. The van der Waals surface area contributed by atoms with Gasteiger partial charge in [0.2, 0.25) is 5.91 Å². The van der Waals surface area contributed by atoms with Crippen LogP contribution in [0.1, 0.15) is 26.2 Å². The molecule has 0 aromatic carbocycles. The zero-order valence-electron chi connectivity index (χ0n) is 14.6. The Morgan fingerprint density at radius 2 is 1.96 bits per heavy atom. The third-order valence-corrected chi connectivity index (χ3v) is 3.68. The monoisotopic (exact) mass is 327 g/mol. The van der Waals surface area contributed by atoms with Crippen molar-refractivity contribution in [3.05, 3.63) is 0 Å². The van der Waals surface area contributed by atoms with Gasteiger partial charge < -0.3 is 25.2 Å². The summed E-state index contributed by atoms with van der Waals surface area (Å²) in [5.74, 6) is 0.613. The van der Waals surface area contributed by atoms with Crippen LogP contribution in [0.5, 0.6) is 0 Å². The summed E-state index contributed by atoms with van der Waals surface area (Å²) in [4.78, 5) is 30.7. The number of hydrogen-bond acceptors (Lipinski definition) is 4. The van der Waals surface area contributed by atoms with E-state index < -0.39 is 0 Å². The number of rotatable bonds is 5. The summed E-state index contributed by atoms with van der Waals surface area (Å²) in [6, 6.07) is 0.230. The van der Waals surface area contributed by atoms with Crippen LogP contribution in [-0.2, 0) is 9.53 Å². The van der Waals surface area contributed by atoms with E-state index in [-0.39, 0.29) is 24.6 Å². The normalized spacial score (nSPS) is 16.0. The topological polar surface area (TPSA) is 86.3 Å². The highest BCUT2D eigenvalue weighted by atomic mass is 16.5. The Kier molecular flexibility index (Phi) is 8.21. The minimum absolute atomic E-state index is 0.0388. The second-order valence-corrected chi connectivity index (χ2v) is 5.76. The Balaban J connectivity index is 2.52. The molecule has 0 unspecified atom stereocenters. The minimum atomic E-state index is -0.280. The lowest BCUT2D eigenvalue weighted by Crippen LogP contribution is -2.50. The van der Waals surface area contributed by atoms with Gasteiger partial charge in [0.25, 0.3) is 0 Å². The summed E-state index contributed by atoms with van der Waals surface area (Å²) >= 11 is 0. The molecule has 1 saturated heterocycles. The molecule has 1 rings (SSSR count). The average molecular weight is 327 g/mol. The second kappa shape index (κ2) is 9.91. The van der Waals surface area contributed by atoms with Crippen LogP contribution < -0.4 is 10.6 Å². The molecule has 0 aromatic rings. The molecule has 8 heteroatoms. The number of carbonyl (C=O) groups is 2. The summed E-state index contributed by atoms with van der Waals surface area (Å²) in [6.45, 7) is 4.30. The van der Waals surface area contributed by atoms with E-state index in [0.717, 1.165) is 25.8 Å². The van der Waals surface area contributed by atoms with Crippen molar-refractivity contribution in [2.24, 2.45) is 4.99 Å². The van der Waals surface area contributed by atoms with Gasteiger partial charge in [-0.25, -0.2) is 9.79 Å². The maximum Gasteiger partial charge on any atom is 0.409 e. The first-order valence-corrected chi connectivity index (χ1v) is 8.05. The third kappa shape index (κ3) is 6.75. The lowest BCUT2D eigenvalue weighted by Gasteiger charge is -2.32. The molecule has 0 spiro atoms. The lowest BCUT2D eigenvalue weighted by molar-refractivity contribution is -0.127. The number of hydrogen-bond donors (Lipinski definition) is 2. The van der Waals surface area contributed by atoms with E-state index in [9.17, 15) is 9.59 Å². The Morgan fingerprint density at radius 1 is 1.30 bits per heavy atom. The first-order valence-electron chi connectivity index (χ1n) is 8.05. The number of guanidine groups is 1. The van der Waals surface area contributed by atoms with Crippen LogP contribution in [0, 0.1) is 0 Å². The Hall–Kier alpha value is -1.99. The highest BCUT2D eigenvalue weighted by Crippen LogP contribution is 2.11. The summed E-state index contributed by atoms with van der Waals surface area (Å²) in [7, 11) is 4.83. The molecule has 0 aromatic heterocycles. The molecule has 1 aliphatic rings. The number of aliphatic imine (C=N–C) groups is 1. The van der Waals surface area contributed by atoms with E-state index in [0.29, 0.717) is 19.0 Å². The van der Waals surface area contributed by atoms with Gasteiger partial charge in [-0.3, -0.25) is 4.79 Å². The van der Waals surface area contributed by atoms with Gasteiger partial charge in [-0.15, -0.1) is 0 Å². The fraction of sp³-hybridized carbons (Fsp3) is 0.800. The van der Waals surface area contributed by atoms with Gasteiger partial charge in [0, 0.05) is 39.8 Å². The largest absolute Gasteiger partial charge is 0.453 e. The van der Waals surface area contributed by atoms with Crippen LogP contribution in [0.3, 0.4) is 0 Å². The highest BCUT2D eigenvalue weighted by molar-refractivity contribution is 5.84. The lowest BCUT2D eigenvalue weighted by atomic mass is 10.1. The van der Waals surface area contributed by atoms with E-state index in [1.807, 2.05) is 0 Å². The number of ether oxygens (including phenoxy) is 1. The van der Waals surface area contributed by atoms with Gasteiger partial charge >= 0.3 is 6.09 Å². The average Bonchev–Trinajstić information content (AvgIpc) is 2.56. The number of nitrogens with one attached hydrogen (secondary N) is 2. The van der Waals surface area contributed by atoms with Crippen molar-refractivity contribution in [2.75, 3.05) is 47.4 Å². The molecular weight excluding hydrogens is 298 g/mol. The molecule has 8 nitrogen and oxygen atoms in total. The molecule has 0 atom stereocenters. The van der Waals surface area contributed by atoms with Gasteiger partial charge in [0.15, 0.2) is 5.96 Å². The predicted molar refractivity (Wildman–Crippen MR) is 89.4 cm³/mol. The van der Waals surface area contributed by atoms with Crippen molar-refractivity contribution in [1.82, 2.24) is 20.4 Å². The standard InChI is InChI=1S/C15H29N5O3/c1-5-8-16-14(17-11-13(21)19(2)3)18-12-6-9-20(10-7-12)15(22)23-4/h12H,5-11H2,1-4H3,(H2,16,17,18). The van der Waals surface area contributed by atoms with Crippen LogP contribution in [0.4, 0.5) is 4.79 Å². The van der Waals surface area contributed by atoms with Crippen LogP contribution in [0.2, 0.25) is 0 Å². The molecule has 0 bridgehead atoms. The first-order chi connectivity index (χ1) is 11.0. The summed E-state index contributed by atoms with van der Waals surface area (Å²) in [6.07, 6.45) is 2.34. The summed E-state index contributed by atoms with van der Waals surface area (Å²) in [5.41, 5.74) is 0. The fourth-order valence-electron chi connectivity index (χ4n) is 2.21. The number of likely N-dealkylation sites (N-methyl/N-ethyl adjacent to an activating group) is 1. The molecule has 0 aliphatic carbocycles. The molecule has 132 valence electrons. The first kappa shape index (κ1) is 19.1.